The number of amides is 1. The number of nitrogens with zero attached hydrogens (tertiary/aromatic N) is 3. The highest BCUT2D eigenvalue weighted by atomic mass is 19.3. The Bertz CT molecular complexity index is 1210. The second kappa shape index (κ2) is 9.80. The Morgan fingerprint density at radius 3 is 2.60 bits per heavy atom. The SMILES string of the molecule is O=C(Nc1cccc(C(F)F)n1)c1ccc2nn(C3CCOCC3)c(OC3CC(C(F)F)C3)c2c1. The number of fused-ring (bicyclic) bond motifs is 1. The summed E-state index contributed by atoms with van der Waals surface area (Å²) >= 11 is 0. The van der Waals surface area contributed by atoms with Crippen molar-refractivity contribution in [3.63, 3.8) is 0 Å². The number of pyridine rings is 1. The molecule has 5 rings (SSSR count). The number of rotatable bonds is 7. The molecule has 1 aliphatic carbocycles. The number of hydrogen-bond donors (Lipinski definition) is 1. The lowest BCUT2D eigenvalue weighted by Crippen LogP contribution is -2.38. The fraction of sp³-hybridized carbons (Fsp3) is 0.458. The van der Waals surface area contributed by atoms with Gasteiger partial charge in [-0.25, -0.2) is 27.2 Å². The van der Waals surface area contributed by atoms with E-state index >= 15 is 0 Å². The third-order valence-corrected chi connectivity index (χ3v) is 6.45. The van der Waals surface area contributed by atoms with Gasteiger partial charge >= 0.3 is 0 Å². The number of aromatic nitrogens is 3. The number of benzene rings is 1. The van der Waals surface area contributed by atoms with Crippen LogP contribution in [0.1, 0.15) is 54.2 Å². The van der Waals surface area contributed by atoms with E-state index in [2.05, 4.69) is 15.4 Å². The molecule has 3 aromatic rings. The van der Waals surface area contributed by atoms with Crippen LogP contribution in [0.5, 0.6) is 5.88 Å². The molecule has 2 fully saturated rings. The van der Waals surface area contributed by atoms with Crippen molar-refractivity contribution in [3.8, 4) is 5.88 Å². The van der Waals surface area contributed by atoms with Gasteiger partial charge in [-0.1, -0.05) is 6.07 Å². The number of nitrogens with one attached hydrogen (secondary N) is 1. The van der Waals surface area contributed by atoms with Crippen LogP contribution in [-0.4, -0.2) is 46.4 Å². The molecule has 3 heterocycles. The summed E-state index contributed by atoms with van der Waals surface area (Å²) in [4.78, 5) is 16.6. The molecule has 1 aromatic carbocycles. The van der Waals surface area contributed by atoms with Crippen LogP contribution in [-0.2, 0) is 4.74 Å². The molecule has 0 bridgehead atoms. The minimum atomic E-state index is -2.75. The molecule has 35 heavy (non-hydrogen) atoms. The van der Waals surface area contributed by atoms with Gasteiger partial charge in [0.25, 0.3) is 12.3 Å². The summed E-state index contributed by atoms with van der Waals surface area (Å²) < 4.78 is 65.2. The summed E-state index contributed by atoms with van der Waals surface area (Å²) in [6.07, 6.45) is -3.52. The summed E-state index contributed by atoms with van der Waals surface area (Å²) in [6, 6.07) is 8.89. The first-order chi connectivity index (χ1) is 16.9. The Morgan fingerprint density at radius 2 is 1.89 bits per heavy atom. The van der Waals surface area contributed by atoms with Crippen LogP contribution in [0, 0.1) is 5.92 Å². The van der Waals surface area contributed by atoms with Crippen molar-refractivity contribution < 1.29 is 31.8 Å². The van der Waals surface area contributed by atoms with Gasteiger partial charge < -0.3 is 14.8 Å². The fourth-order valence-electron chi connectivity index (χ4n) is 4.41. The van der Waals surface area contributed by atoms with Crippen LogP contribution in [0.25, 0.3) is 10.9 Å². The topological polar surface area (TPSA) is 78.3 Å². The van der Waals surface area contributed by atoms with Crippen LogP contribution in [0.4, 0.5) is 23.4 Å². The number of anilines is 1. The third-order valence-electron chi connectivity index (χ3n) is 6.45. The number of carbonyl (C=O) groups excluding carboxylic acids is 1. The molecular weight excluding hydrogens is 468 g/mol. The van der Waals surface area contributed by atoms with Crippen molar-refractivity contribution in [1.29, 1.82) is 0 Å². The van der Waals surface area contributed by atoms with E-state index in [1.54, 1.807) is 22.9 Å². The highest BCUT2D eigenvalue weighted by Crippen LogP contribution is 2.39. The van der Waals surface area contributed by atoms with Crippen molar-refractivity contribution in [1.82, 2.24) is 14.8 Å². The van der Waals surface area contributed by atoms with Gasteiger partial charge in [-0.2, -0.15) is 5.10 Å². The van der Waals surface area contributed by atoms with Gasteiger partial charge in [0.1, 0.15) is 17.6 Å². The van der Waals surface area contributed by atoms with Crippen molar-refractivity contribution in [2.75, 3.05) is 18.5 Å². The summed E-state index contributed by atoms with van der Waals surface area (Å²) in [5, 5.41) is 7.80. The highest BCUT2D eigenvalue weighted by Gasteiger charge is 2.38. The molecule has 2 aliphatic rings. The van der Waals surface area contributed by atoms with Crippen LogP contribution in [0.3, 0.4) is 0 Å². The minimum Gasteiger partial charge on any atom is -0.474 e. The number of alkyl halides is 4. The maximum absolute atomic E-state index is 13.0. The molecule has 2 aromatic heterocycles. The molecule has 186 valence electrons. The Morgan fingerprint density at radius 1 is 1.11 bits per heavy atom. The fourth-order valence-corrected chi connectivity index (χ4v) is 4.41. The van der Waals surface area contributed by atoms with Crippen LogP contribution >= 0.6 is 0 Å². The summed E-state index contributed by atoms with van der Waals surface area (Å²) in [7, 11) is 0. The normalized spacial score (nSPS) is 20.9. The summed E-state index contributed by atoms with van der Waals surface area (Å²) in [5.41, 5.74) is 0.428. The zero-order valence-corrected chi connectivity index (χ0v) is 18.7. The molecule has 1 amide bonds. The molecule has 0 atom stereocenters. The van der Waals surface area contributed by atoms with E-state index < -0.39 is 30.4 Å². The summed E-state index contributed by atoms with van der Waals surface area (Å²) in [6.45, 7) is 1.16. The van der Waals surface area contributed by atoms with Crippen molar-refractivity contribution in [2.45, 2.75) is 50.7 Å². The first-order valence-corrected chi connectivity index (χ1v) is 11.5. The van der Waals surface area contributed by atoms with Crippen LogP contribution in [0.2, 0.25) is 0 Å². The van der Waals surface area contributed by atoms with E-state index in [1.807, 2.05) is 0 Å². The highest BCUT2D eigenvalue weighted by molar-refractivity contribution is 6.06. The van der Waals surface area contributed by atoms with Gasteiger partial charge in [0.15, 0.2) is 0 Å². The van der Waals surface area contributed by atoms with Crippen molar-refractivity contribution in [2.24, 2.45) is 5.92 Å². The Labute approximate surface area is 198 Å². The quantitative estimate of drug-likeness (QED) is 0.447. The molecule has 0 unspecified atom stereocenters. The number of hydrogen-bond acceptors (Lipinski definition) is 5. The predicted octanol–water partition coefficient (Wildman–Crippen LogP) is 5.40. The largest absolute Gasteiger partial charge is 0.474 e. The molecule has 7 nitrogen and oxygen atoms in total. The average molecular weight is 492 g/mol. The Kier molecular flexibility index (Phi) is 6.59. The Hall–Kier alpha value is -3.21. The van der Waals surface area contributed by atoms with Crippen LogP contribution in [0.15, 0.2) is 36.4 Å². The number of ether oxygens (including phenoxy) is 2. The maximum atomic E-state index is 13.0. The van der Waals surface area contributed by atoms with E-state index in [0.717, 1.165) is 12.8 Å². The van der Waals surface area contributed by atoms with Gasteiger partial charge in [0, 0.05) is 24.7 Å². The lowest BCUT2D eigenvalue weighted by atomic mass is 9.82. The average Bonchev–Trinajstić information content (AvgIpc) is 3.19. The zero-order valence-electron chi connectivity index (χ0n) is 18.7. The molecule has 0 radical (unpaired) electrons. The predicted molar refractivity (Wildman–Crippen MR) is 119 cm³/mol. The van der Waals surface area contributed by atoms with E-state index in [9.17, 15) is 22.4 Å². The molecular formula is C24H24F4N4O3. The first kappa shape index (κ1) is 23.5. The molecule has 1 saturated carbocycles. The lowest BCUT2D eigenvalue weighted by Gasteiger charge is -2.35. The van der Waals surface area contributed by atoms with E-state index in [1.165, 1.54) is 18.2 Å². The van der Waals surface area contributed by atoms with E-state index in [0.29, 0.717) is 30.0 Å². The van der Waals surface area contributed by atoms with Gasteiger partial charge in [0.2, 0.25) is 12.3 Å². The third kappa shape index (κ3) is 4.95. The van der Waals surface area contributed by atoms with Crippen molar-refractivity contribution >= 4 is 22.6 Å². The standard InChI is InChI=1S/C24H24F4N4O3/c25-21(26)14-10-16(11-14)35-24-17-12-13(23(33)30-20-3-1-2-19(29-20)22(27)28)4-5-18(17)31-32(24)15-6-8-34-9-7-15/h1-5,12,14-16,21-22H,6-11H2,(H,29,30,33). The molecule has 11 heteroatoms. The second-order valence-corrected chi connectivity index (χ2v) is 8.83. The molecule has 0 spiro atoms. The number of carbonyl (C=O) groups is 1. The van der Waals surface area contributed by atoms with E-state index in [4.69, 9.17) is 9.47 Å². The van der Waals surface area contributed by atoms with Gasteiger partial charge in [0.05, 0.1) is 16.9 Å². The second-order valence-electron chi connectivity index (χ2n) is 8.83. The van der Waals surface area contributed by atoms with Gasteiger partial charge in [-0.15, -0.1) is 0 Å². The molecule has 1 N–H and O–H groups in total. The number of halogens is 4. The maximum Gasteiger partial charge on any atom is 0.280 e. The van der Waals surface area contributed by atoms with E-state index in [-0.39, 0.29) is 36.4 Å². The molecule has 1 aliphatic heterocycles. The first-order valence-electron chi connectivity index (χ1n) is 11.5. The lowest BCUT2D eigenvalue weighted by molar-refractivity contribution is -0.0368. The zero-order chi connectivity index (χ0) is 24.5. The smallest absolute Gasteiger partial charge is 0.280 e. The minimum absolute atomic E-state index is 0.00906. The Balaban J connectivity index is 1.43. The summed E-state index contributed by atoms with van der Waals surface area (Å²) in [5.74, 6) is -0.757. The monoisotopic (exact) mass is 492 g/mol. The van der Waals surface area contributed by atoms with Gasteiger partial charge in [-0.3, -0.25) is 4.79 Å². The molecule has 1 saturated heterocycles. The van der Waals surface area contributed by atoms with Gasteiger partial charge in [-0.05, 0) is 56.0 Å². The van der Waals surface area contributed by atoms with Crippen molar-refractivity contribution in [3.05, 3.63) is 47.7 Å². The van der Waals surface area contributed by atoms with Crippen LogP contribution < -0.4 is 10.1 Å².